The van der Waals surface area contributed by atoms with E-state index in [1.165, 1.54) is 17.1 Å². The molecule has 0 amide bonds. The lowest BCUT2D eigenvalue weighted by Gasteiger charge is -1.97. The molecule has 0 atom stereocenters. The van der Waals surface area contributed by atoms with Crippen molar-refractivity contribution in [2.24, 2.45) is 0 Å². The molecule has 0 fully saturated rings. The Hall–Kier alpha value is -1.88. The molecule has 78 valence electrons. The molecule has 2 heterocycles. The van der Waals surface area contributed by atoms with Crippen molar-refractivity contribution >= 4 is 18.4 Å². The fraction of sp³-hybridized carbons (Fsp3) is 0. The number of hydrogen-bond donors (Lipinski definition) is 1. The molecule has 2 rings (SSSR count). The third-order valence-corrected chi connectivity index (χ3v) is 1.74. The first-order chi connectivity index (χ1) is 6.77. The lowest BCUT2D eigenvalue weighted by molar-refractivity contribution is 0.0697. The zero-order valence-corrected chi connectivity index (χ0v) is 8.39. The number of nitrogens with zero attached hydrogens (tertiary/aromatic N) is 3. The van der Waals surface area contributed by atoms with Crippen molar-refractivity contribution in [1.29, 1.82) is 0 Å². The number of pyridine rings is 1. The van der Waals surface area contributed by atoms with Crippen LogP contribution in [0.2, 0.25) is 0 Å². The van der Waals surface area contributed by atoms with Gasteiger partial charge in [-0.3, -0.25) is 4.98 Å². The Morgan fingerprint density at radius 3 is 2.73 bits per heavy atom. The highest BCUT2D eigenvalue weighted by atomic mass is 35.5. The molecule has 2 aromatic rings. The van der Waals surface area contributed by atoms with Crippen LogP contribution in [0.5, 0.6) is 0 Å². The van der Waals surface area contributed by atoms with Crippen LogP contribution in [-0.2, 0) is 0 Å². The molecule has 15 heavy (non-hydrogen) atoms. The van der Waals surface area contributed by atoms with Gasteiger partial charge in [0, 0.05) is 12.4 Å². The second kappa shape index (κ2) is 4.56. The molecule has 0 aromatic carbocycles. The van der Waals surface area contributed by atoms with Gasteiger partial charge in [-0.15, -0.1) is 12.4 Å². The summed E-state index contributed by atoms with van der Waals surface area (Å²) < 4.78 is 1.47. The lowest BCUT2D eigenvalue weighted by Crippen LogP contribution is -1.95. The minimum Gasteiger partial charge on any atom is -0.478 e. The normalized spacial score (nSPS) is 9.33. The lowest BCUT2D eigenvalue weighted by atomic mass is 10.4. The van der Waals surface area contributed by atoms with Crippen molar-refractivity contribution in [3.05, 3.63) is 42.5 Å². The fourth-order valence-corrected chi connectivity index (χ4v) is 1.06. The Morgan fingerprint density at radius 2 is 2.20 bits per heavy atom. The van der Waals surface area contributed by atoms with E-state index < -0.39 is 5.97 Å². The molecule has 2 aromatic heterocycles. The Kier molecular flexibility index (Phi) is 3.41. The summed E-state index contributed by atoms with van der Waals surface area (Å²) in [6.45, 7) is 0. The summed E-state index contributed by atoms with van der Waals surface area (Å²) in [7, 11) is 0. The molecule has 0 saturated carbocycles. The van der Waals surface area contributed by atoms with Gasteiger partial charge in [-0.05, 0) is 12.1 Å². The first kappa shape index (κ1) is 11.2. The molecule has 5 nitrogen and oxygen atoms in total. The first-order valence-corrected chi connectivity index (χ1v) is 3.96. The SMILES string of the molecule is Cl.O=C(O)c1cnn(-c2cccnc2)c1. The van der Waals surface area contributed by atoms with Gasteiger partial charge < -0.3 is 5.11 Å². The van der Waals surface area contributed by atoms with E-state index in [2.05, 4.69) is 10.1 Å². The number of rotatable bonds is 2. The van der Waals surface area contributed by atoms with Gasteiger partial charge in [-0.2, -0.15) is 5.10 Å². The van der Waals surface area contributed by atoms with Crippen LogP contribution in [0, 0.1) is 0 Å². The van der Waals surface area contributed by atoms with E-state index in [9.17, 15) is 4.79 Å². The number of hydrogen-bond acceptors (Lipinski definition) is 3. The van der Waals surface area contributed by atoms with E-state index in [0.29, 0.717) is 0 Å². The number of carboxylic acid groups (broad SMARTS) is 1. The molecule has 6 heteroatoms. The van der Waals surface area contributed by atoms with Gasteiger partial charge in [-0.25, -0.2) is 9.48 Å². The maximum Gasteiger partial charge on any atom is 0.338 e. The zero-order chi connectivity index (χ0) is 9.97. The maximum atomic E-state index is 10.6. The van der Waals surface area contributed by atoms with E-state index >= 15 is 0 Å². The summed E-state index contributed by atoms with van der Waals surface area (Å²) in [5.41, 5.74) is 0.897. The molecule has 0 aliphatic carbocycles. The fourth-order valence-electron chi connectivity index (χ4n) is 1.06. The molecule has 0 radical (unpaired) electrons. The average Bonchev–Trinajstić information content (AvgIpc) is 2.68. The number of carboxylic acids is 1. The van der Waals surface area contributed by atoms with Gasteiger partial charge in [0.1, 0.15) is 0 Å². The number of aromatic carboxylic acids is 1. The van der Waals surface area contributed by atoms with Crippen LogP contribution in [0.1, 0.15) is 10.4 Å². The van der Waals surface area contributed by atoms with Crippen LogP contribution in [0.4, 0.5) is 0 Å². The largest absolute Gasteiger partial charge is 0.478 e. The summed E-state index contributed by atoms with van der Waals surface area (Å²) in [4.78, 5) is 14.5. The topological polar surface area (TPSA) is 68.0 Å². The van der Waals surface area contributed by atoms with E-state index in [0.717, 1.165) is 5.69 Å². The molecule has 0 aliphatic heterocycles. The Morgan fingerprint density at radius 1 is 1.40 bits per heavy atom. The predicted octanol–water partition coefficient (Wildman–Crippen LogP) is 1.39. The third-order valence-electron chi connectivity index (χ3n) is 1.74. The highest BCUT2D eigenvalue weighted by Crippen LogP contribution is 2.05. The van der Waals surface area contributed by atoms with Gasteiger partial charge >= 0.3 is 5.97 Å². The predicted molar refractivity (Wildman–Crippen MR) is 55.6 cm³/mol. The maximum absolute atomic E-state index is 10.6. The van der Waals surface area contributed by atoms with Crippen molar-refractivity contribution in [1.82, 2.24) is 14.8 Å². The van der Waals surface area contributed by atoms with Crippen LogP contribution in [-0.4, -0.2) is 25.8 Å². The monoisotopic (exact) mass is 225 g/mol. The highest BCUT2D eigenvalue weighted by molar-refractivity contribution is 5.87. The van der Waals surface area contributed by atoms with Gasteiger partial charge in [0.05, 0.1) is 23.6 Å². The minimum atomic E-state index is -0.986. The summed E-state index contributed by atoms with van der Waals surface area (Å²) in [6.07, 6.45) is 6.00. The Balaban J connectivity index is 0.00000112. The van der Waals surface area contributed by atoms with Crippen molar-refractivity contribution in [2.45, 2.75) is 0 Å². The van der Waals surface area contributed by atoms with Crippen LogP contribution < -0.4 is 0 Å². The van der Waals surface area contributed by atoms with E-state index in [1.54, 1.807) is 24.5 Å². The minimum absolute atomic E-state index is 0. The van der Waals surface area contributed by atoms with E-state index in [1.807, 2.05) is 0 Å². The Labute approximate surface area is 91.8 Å². The zero-order valence-electron chi connectivity index (χ0n) is 7.57. The van der Waals surface area contributed by atoms with Crippen LogP contribution in [0.25, 0.3) is 5.69 Å². The summed E-state index contributed by atoms with van der Waals surface area (Å²) >= 11 is 0. The van der Waals surface area contributed by atoms with Gasteiger partial charge in [-0.1, -0.05) is 0 Å². The molecular weight excluding hydrogens is 218 g/mol. The summed E-state index contributed by atoms with van der Waals surface area (Å²) in [5.74, 6) is -0.986. The van der Waals surface area contributed by atoms with Crippen LogP contribution in [0.15, 0.2) is 36.9 Å². The van der Waals surface area contributed by atoms with Crippen molar-refractivity contribution in [2.75, 3.05) is 0 Å². The van der Waals surface area contributed by atoms with Crippen molar-refractivity contribution in [3.8, 4) is 5.69 Å². The standard InChI is InChI=1S/C9H7N3O2.ClH/c13-9(14)7-4-11-12(6-7)8-2-1-3-10-5-8;/h1-6H,(H,13,14);1H. The highest BCUT2D eigenvalue weighted by Gasteiger charge is 2.06. The number of carbonyl (C=O) groups is 1. The molecule has 0 saturated heterocycles. The van der Waals surface area contributed by atoms with Gasteiger partial charge in [0.25, 0.3) is 0 Å². The molecule has 0 spiro atoms. The smallest absolute Gasteiger partial charge is 0.338 e. The van der Waals surface area contributed by atoms with Crippen molar-refractivity contribution < 1.29 is 9.90 Å². The van der Waals surface area contributed by atoms with Crippen LogP contribution in [0.3, 0.4) is 0 Å². The van der Waals surface area contributed by atoms with Crippen LogP contribution >= 0.6 is 12.4 Å². The van der Waals surface area contributed by atoms with E-state index in [4.69, 9.17) is 5.11 Å². The second-order valence-electron chi connectivity index (χ2n) is 2.69. The van der Waals surface area contributed by atoms with Gasteiger partial charge in [0.15, 0.2) is 0 Å². The number of aromatic nitrogens is 3. The molecule has 0 bridgehead atoms. The van der Waals surface area contributed by atoms with Crippen molar-refractivity contribution in [3.63, 3.8) is 0 Å². The summed E-state index contributed by atoms with van der Waals surface area (Å²) in [5, 5.41) is 12.6. The molecular formula is C9H8ClN3O2. The quantitative estimate of drug-likeness (QED) is 0.839. The second-order valence-corrected chi connectivity index (χ2v) is 2.69. The van der Waals surface area contributed by atoms with E-state index in [-0.39, 0.29) is 18.0 Å². The average molecular weight is 226 g/mol. The Bertz CT molecular complexity index is 455. The number of halogens is 1. The van der Waals surface area contributed by atoms with Gasteiger partial charge in [0.2, 0.25) is 0 Å². The third kappa shape index (κ3) is 2.32. The summed E-state index contributed by atoms with van der Waals surface area (Å²) in [6, 6.07) is 3.56. The molecule has 0 aliphatic rings. The molecule has 0 unspecified atom stereocenters. The molecule has 1 N–H and O–H groups in total. The first-order valence-electron chi connectivity index (χ1n) is 3.96.